The predicted octanol–water partition coefficient (Wildman–Crippen LogP) is 1.28. The number of nitrogens with zero attached hydrogens (tertiary/aromatic N) is 2. The summed E-state index contributed by atoms with van der Waals surface area (Å²) in [6, 6.07) is 3.73. The van der Waals surface area contributed by atoms with E-state index < -0.39 is 22.3 Å². The van der Waals surface area contributed by atoms with E-state index in [9.17, 15) is 20.0 Å². The number of phenols is 1. The lowest BCUT2D eigenvalue weighted by molar-refractivity contribution is -0.385. The normalized spacial score (nSPS) is 10.0. The lowest BCUT2D eigenvalue weighted by Crippen LogP contribution is -2.12. The number of nitrogens with one attached hydrogen (secondary N) is 2. The Bertz CT molecular complexity index is 594. The average molecular weight is 248 g/mol. The molecule has 2 rings (SSSR count). The third-order valence-electron chi connectivity index (χ3n) is 2.21. The Morgan fingerprint density at radius 2 is 2.28 bits per heavy atom. The largest absolute Gasteiger partial charge is 0.502 e. The Labute approximate surface area is 100 Å². The minimum Gasteiger partial charge on any atom is -0.502 e. The molecule has 18 heavy (non-hydrogen) atoms. The van der Waals surface area contributed by atoms with Crippen LogP contribution in [0.4, 0.5) is 11.4 Å². The zero-order chi connectivity index (χ0) is 13.1. The van der Waals surface area contributed by atoms with Crippen molar-refractivity contribution < 1.29 is 14.8 Å². The fourth-order valence-electron chi connectivity index (χ4n) is 1.38. The highest BCUT2D eigenvalue weighted by molar-refractivity contribution is 6.06. The fraction of sp³-hybridized carbons (Fsp3) is 0. The van der Waals surface area contributed by atoms with E-state index in [1.165, 1.54) is 24.5 Å². The lowest BCUT2D eigenvalue weighted by atomic mass is 10.1. The van der Waals surface area contributed by atoms with Gasteiger partial charge in [0.1, 0.15) is 0 Å². The molecule has 0 saturated carbocycles. The number of anilines is 1. The summed E-state index contributed by atoms with van der Waals surface area (Å²) in [5, 5.41) is 28.8. The number of amides is 1. The van der Waals surface area contributed by atoms with Gasteiger partial charge in [0, 0.05) is 12.3 Å². The number of hydrogen-bond acceptors (Lipinski definition) is 5. The van der Waals surface area contributed by atoms with Gasteiger partial charge in [-0.2, -0.15) is 5.10 Å². The van der Waals surface area contributed by atoms with Gasteiger partial charge in [-0.25, -0.2) is 0 Å². The van der Waals surface area contributed by atoms with Crippen LogP contribution in [-0.4, -0.2) is 26.1 Å². The molecule has 0 unspecified atom stereocenters. The van der Waals surface area contributed by atoms with Crippen molar-refractivity contribution in [2.45, 2.75) is 0 Å². The van der Waals surface area contributed by atoms with Crippen LogP contribution in [0, 0.1) is 10.1 Å². The fourth-order valence-corrected chi connectivity index (χ4v) is 1.38. The van der Waals surface area contributed by atoms with Crippen LogP contribution in [0.5, 0.6) is 5.75 Å². The van der Waals surface area contributed by atoms with E-state index in [-0.39, 0.29) is 5.56 Å². The number of H-pyrrole nitrogens is 1. The summed E-state index contributed by atoms with van der Waals surface area (Å²) in [6.45, 7) is 0. The van der Waals surface area contributed by atoms with Crippen molar-refractivity contribution in [1.29, 1.82) is 0 Å². The van der Waals surface area contributed by atoms with E-state index >= 15 is 0 Å². The Kier molecular flexibility index (Phi) is 2.92. The molecule has 0 fully saturated rings. The zero-order valence-corrected chi connectivity index (χ0v) is 8.95. The Hall–Kier alpha value is -2.90. The number of aromatic nitrogens is 2. The van der Waals surface area contributed by atoms with Crippen molar-refractivity contribution >= 4 is 17.3 Å². The third kappa shape index (κ3) is 2.12. The van der Waals surface area contributed by atoms with E-state index in [0.29, 0.717) is 5.69 Å². The van der Waals surface area contributed by atoms with Gasteiger partial charge in [-0.05, 0) is 6.07 Å². The predicted molar refractivity (Wildman–Crippen MR) is 61.3 cm³/mol. The van der Waals surface area contributed by atoms with Gasteiger partial charge in [0.2, 0.25) is 5.75 Å². The zero-order valence-electron chi connectivity index (χ0n) is 8.95. The van der Waals surface area contributed by atoms with Gasteiger partial charge in [-0.3, -0.25) is 20.0 Å². The molecule has 8 heteroatoms. The van der Waals surface area contributed by atoms with Crippen molar-refractivity contribution in [2.24, 2.45) is 0 Å². The smallest absolute Gasteiger partial charge is 0.311 e. The highest BCUT2D eigenvalue weighted by atomic mass is 16.6. The van der Waals surface area contributed by atoms with Gasteiger partial charge >= 0.3 is 5.69 Å². The number of nitro benzene ring substituents is 1. The van der Waals surface area contributed by atoms with Crippen LogP contribution >= 0.6 is 0 Å². The van der Waals surface area contributed by atoms with E-state index in [0.717, 1.165) is 6.07 Å². The molecule has 0 radical (unpaired) electrons. The SMILES string of the molecule is O=C(Nc1cn[nH]c1)c1cccc([N+](=O)[O-])c1O. The van der Waals surface area contributed by atoms with Crippen LogP contribution in [0.25, 0.3) is 0 Å². The standard InChI is InChI=1S/C10H8N4O4/c15-9-7(2-1-3-8(9)14(17)18)10(16)13-6-4-11-12-5-6/h1-5,15H,(H,11,12)(H,13,16). The molecular formula is C10H8N4O4. The van der Waals surface area contributed by atoms with Crippen LogP contribution in [0.15, 0.2) is 30.6 Å². The van der Waals surface area contributed by atoms with Crippen LogP contribution in [0.1, 0.15) is 10.4 Å². The van der Waals surface area contributed by atoms with Crippen molar-refractivity contribution in [2.75, 3.05) is 5.32 Å². The molecule has 2 aromatic rings. The molecule has 92 valence electrons. The summed E-state index contributed by atoms with van der Waals surface area (Å²) < 4.78 is 0. The molecule has 1 amide bonds. The van der Waals surface area contributed by atoms with E-state index in [1.54, 1.807) is 0 Å². The Morgan fingerprint density at radius 1 is 1.50 bits per heavy atom. The average Bonchev–Trinajstić information content (AvgIpc) is 2.81. The van der Waals surface area contributed by atoms with Gasteiger partial charge in [-0.1, -0.05) is 6.07 Å². The van der Waals surface area contributed by atoms with Gasteiger partial charge < -0.3 is 10.4 Å². The third-order valence-corrected chi connectivity index (χ3v) is 2.21. The first-order valence-corrected chi connectivity index (χ1v) is 4.86. The number of benzene rings is 1. The maximum absolute atomic E-state index is 11.8. The number of para-hydroxylation sites is 1. The number of carbonyl (C=O) groups excluding carboxylic acids is 1. The number of phenolic OH excluding ortho intramolecular Hbond substituents is 1. The van der Waals surface area contributed by atoms with Crippen LogP contribution < -0.4 is 5.32 Å². The second-order valence-electron chi connectivity index (χ2n) is 3.37. The topological polar surface area (TPSA) is 121 Å². The number of rotatable bonds is 3. The van der Waals surface area contributed by atoms with Gasteiger partial charge in [0.25, 0.3) is 5.91 Å². The van der Waals surface area contributed by atoms with Crippen LogP contribution in [0.2, 0.25) is 0 Å². The molecule has 3 N–H and O–H groups in total. The van der Waals surface area contributed by atoms with E-state index in [1.807, 2.05) is 0 Å². The first-order chi connectivity index (χ1) is 8.59. The van der Waals surface area contributed by atoms with Crippen molar-refractivity contribution in [3.8, 4) is 5.75 Å². The van der Waals surface area contributed by atoms with E-state index in [4.69, 9.17) is 0 Å². The summed E-state index contributed by atoms with van der Waals surface area (Å²) in [4.78, 5) is 21.6. The molecule has 1 heterocycles. The molecule has 0 bridgehead atoms. The summed E-state index contributed by atoms with van der Waals surface area (Å²) >= 11 is 0. The Morgan fingerprint density at radius 3 is 2.89 bits per heavy atom. The molecule has 0 atom stereocenters. The van der Waals surface area contributed by atoms with Crippen LogP contribution in [0.3, 0.4) is 0 Å². The number of aromatic hydroxyl groups is 1. The first-order valence-electron chi connectivity index (χ1n) is 4.86. The molecule has 0 saturated heterocycles. The first kappa shape index (κ1) is 11.6. The van der Waals surface area contributed by atoms with Gasteiger partial charge in [0.05, 0.1) is 22.4 Å². The van der Waals surface area contributed by atoms with Crippen molar-refractivity contribution in [3.63, 3.8) is 0 Å². The van der Waals surface area contributed by atoms with Crippen LogP contribution in [-0.2, 0) is 0 Å². The monoisotopic (exact) mass is 248 g/mol. The van der Waals surface area contributed by atoms with Crippen molar-refractivity contribution in [1.82, 2.24) is 10.2 Å². The van der Waals surface area contributed by atoms with Gasteiger partial charge in [-0.15, -0.1) is 0 Å². The molecule has 0 spiro atoms. The summed E-state index contributed by atoms with van der Waals surface area (Å²) in [5.74, 6) is -1.32. The highest BCUT2D eigenvalue weighted by Crippen LogP contribution is 2.29. The molecule has 0 aliphatic carbocycles. The number of hydrogen-bond donors (Lipinski definition) is 3. The van der Waals surface area contributed by atoms with E-state index in [2.05, 4.69) is 15.5 Å². The number of carbonyl (C=O) groups is 1. The number of aromatic amines is 1. The minimum atomic E-state index is -0.760. The molecule has 1 aromatic carbocycles. The molecule has 0 aliphatic heterocycles. The maximum atomic E-state index is 11.8. The minimum absolute atomic E-state index is 0.176. The second-order valence-corrected chi connectivity index (χ2v) is 3.37. The summed E-state index contributed by atoms with van der Waals surface area (Å²) in [5.41, 5.74) is -0.300. The second kappa shape index (κ2) is 4.53. The molecular weight excluding hydrogens is 240 g/mol. The summed E-state index contributed by atoms with van der Waals surface area (Å²) in [7, 11) is 0. The molecule has 8 nitrogen and oxygen atoms in total. The van der Waals surface area contributed by atoms with Gasteiger partial charge in [0.15, 0.2) is 0 Å². The molecule has 0 aliphatic rings. The van der Waals surface area contributed by atoms with Crippen molar-refractivity contribution in [3.05, 3.63) is 46.3 Å². The lowest BCUT2D eigenvalue weighted by Gasteiger charge is -2.04. The maximum Gasteiger partial charge on any atom is 0.311 e. The Balaban J connectivity index is 2.31. The quantitative estimate of drug-likeness (QED) is 0.557. The number of nitro groups is 1. The highest BCUT2D eigenvalue weighted by Gasteiger charge is 2.20. The summed E-state index contributed by atoms with van der Waals surface area (Å²) in [6.07, 6.45) is 2.80. The molecule has 1 aromatic heterocycles.